The van der Waals surface area contributed by atoms with Crippen molar-refractivity contribution in [1.29, 1.82) is 5.26 Å². The van der Waals surface area contributed by atoms with Gasteiger partial charge < -0.3 is 14.7 Å². The number of nitrogens with zero attached hydrogens (tertiary/aromatic N) is 2. The zero-order valence-electron chi connectivity index (χ0n) is 24.2. The zero-order chi connectivity index (χ0) is 28.3. The van der Waals surface area contributed by atoms with E-state index in [9.17, 15) is 15.2 Å². The van der Waals surface area contributed by atoms with Gasteiger partial charge in [0.05, 0.1) is 29.4 Å². The minimum Gasteiger partial charge on any atom is -0.493 e. The lowest BCUT2D eigenvalue weighted by molar-refractivity contribution is -0.148. The highest BCUT2D eigenvalue weighted by Gasteiger charge is 2.50. The van der Waals surface area contributed by atoms with E-state index in [1.54, 1.807) is 0 Å². The molecule has 1 heterocycles. The lowest BCUT2D eigenvalue weighted by Gasteiger charge is -2.42. The molecule has 0 saturated heterocycles. The minimum absolute atomic E-state index is 0.167. The van der Waals surface area contributed by atoms with Gasteiger partial charge in [-0.05, 0) is 118 Å². The summed E-state index contributed by atoms with van der Waals surface area (Å²) < 4.78 is 6.19. The zero-order valence-corrected chi connectivity index (χ0v) is 24.2. The Labute approximate surface area is 238 Å². The molecule has 6 nitrogen and oxygen atoms in total. The molecule has 40 heavy (non-hydrogen) atoms. The number of ether oxygens (including phenoxy) is 1. The van der Waals surface area contributed by atoms with Crippen molar-refractivity contribution in [2.75, 3.05) is 6.61 Å². The van der Waals surface area contributed by atoms with Crippen LogP contribution in [0.15, 0.2) is 41.6 Å². The number of rotatable bonds is 13. The second kappa shape index (κ2) is 11.6. The predicted molar refractivity (Wildman–Crippen MR) is 157 cm³/mol. The number of aliphatic carboxylic acids is 1. The van der Waals surface area contributed by atoms with Crippen molar-refractivity contribution in [1.82, 2.24) is 0 Å². The van der Waals surface area contributed by atoms with Gasteiger partial charge in [-0.25, -0.2) is 0 Å². The van der Waals surface area contributed by atoms with Crippen molar-refractivity contribution in [3.05, 3.63) is 53.1 Å². The van der Waals surface area contributed by atoms with Crippen molar-refractivity contribution in [2.24, 2.45) is 16.5 Å². The predicted octanol–water partition coefficient (Wildman–Crippen LogP) is 8.03. The van der Waals surface area contributed by atoms with Gasteiger partial charge >= 0.3 is 5.97 Å². The van der Waals surface area contributed by atoms with Crippen LogP contribution < -0.4 is 4.74 Å². The molecule has 2 aromatic rings. The summed E-state index contributed by atoms with van der Waals surface area (Å²) in [5, 5.41) is 23.5. The Morgan fingerprint density at radius 3 is 2.70 bits per heavy atom. The molecular weight excluding hydrogens is 500 g/mol. The van der Waals surface area contributed by atoms with E-state index < -0.39 is 11.4 Å². The van der Waals surface area contributed by atoms with Gasteiger partial charge in [0.2, 0.25) is 0 Å². The van der Waals surface area contributed by atoms with Crippen LogP contribution in [0.4, 0.5) is 0 Å². The van der Waals surface area contributed by atoms with E-state index in [0.29, 0.717) is 36.8 Å². The molecule has 6 heteroatoms. The fraction of sp³-hybridized carbons (Fsp3) is 0.559. The van der Waals surface area contributed by atoms with E-state index in [-0.39, 0.29) is 5.60 Å². The molecule has 1 unspecified atom stereocenters. The molecule has 3 aliphatic rings. The number of hydrogen-bond donors (Lipinski definition) is 1. The Balaban J connectivity index is 1.22. The maximum absolute atomic E-state index is 11.7. The quantitative estimate of drug-likeness (QED) is 0.277. The maximum Gasteiger partial charge on any atom is 0.309 e. The molecule has 2 aromatic carbocycles. The summed E-state index contributed by atoms with van der Waals surface area (Å²) >= 11 is 0. The molecule has 2 aliphatic carbocycles. The first-order chi connectivity index (χ1) is 19.3. The number of carboxylic acid groups (broad SMARTS) is 1. The van der Waals surface area contributed by atoms with Crippen molar-refractivity contribution < 1.29 is 19.5 Å². The van der Waals surface area contributed by atoms with Gasteiger partial charge in [-0.1, -0.05) is 36.7 Å². The first-order valence-electron chi connectivity index (χ1n) is 15.1. The second-order valence-electron chi connectivity index (χ2n) is 12.5. The third-order valence-corrected chi connectivity index (χ3v) is 9.04. The summed E-state index contributed by atoms with van der Waals surface area (Å²) in [5.74, 6) is 1.33. The smallest absolute Gasteiger partial charge is 0.309 e. The highest BCUT2D eigenvalue weighted by molar-refractivity contribution is 5.86. The minimum atomic E-state index is -0.696. The molecule has 2 saturated carbocycles. The van der Waals surface area contributed by atoms with Gasteiger partial charge in [0, 0.05) is 12.0 Å². The van der Waals surface area contributed by atoms with E-state index >= 15 is 0 Å². The van der Waals surface area contributed by atoms with E-state index in [4.69, 9.17) is 9.57 Å². The lowest BCUT2D eigenvalue weighted by Crippen LogP contribution is -2.44. The number of carbonyl (C=O) groups is 1. The Morgan fingerprint density at radius 1 is 1.23 bits per heavy atom. The third-order valence-electron chi connectivity index (χ3n) is 9.04. The normalized spacial score (nSPS) is 23.1. The van der Waals surface area contributed by atoms with Crippen molar-refractivity contribution >= 4 is 11.7 Å². The molecule has 0 amide bonds. The van der Waals surface area contributed by atoms with Gasteiger partial charge in [-0.2, -0.15) is 5.26 Å². The van der Waals surface area contributed by atoms with Crippen LogP contribution in [0.2, 0.25) is 0 Å². The first-order valence-corrected chi connectivity index (χ1v) is 15.1. The fourth-order valence-corrected chi connectivity index (χ4v) is 6.85. The van der Waals surface area contributed by atoms with E-state index in [1.165, 1.54) is 24.0 Å². The van der Waals surface area contributed by atoms with Gasteiger partial charge in [0.1, 0.15) is 11.4 Å². The summed E-state index contributed by atoms with van der Waals surface area (Å²) in [6.07, 6.45) is 10.2. The molecule has 2 fully saturated rings. The van der Waals surface area contributed by atoms with Crippen molar-refractivity contribution in [3.63, 3.8) is 0 Å². The van der Waals surface area contributed by atoms with E-state index in [0.717, 1.165) is 67.5 Å². The topological polar surface area (TPSA) is 91.9 Å². The Hall–Kier alpha value is -3.33. The van der Waals surface area contributed by atoms with Gasteiger partial charge in [0.15, 0.2) is 0 Å². The molecule has 1 spiro atoms. The van der Waals surface area contributed by atoms with Crippen LogP contribution in [0.3, 0.4) is 0 Å². The summed E-state index contributed by atoms with van der Waals surface area (Å²) in [4.78, 5) is 17.7. The summed E-state index contributed by atoms with van der Waals surface area (Å²) in [7, 11) is 0. The average Bonchev–Trinajstić information content (AvgIpc) is 3.68. The standard InChI is InChI=1S/C34H42N2O4/c1-4-13-33(3,32(37)38)14-7-10-28-21-34(40-36-28)19-25(20-34)15-24-17-29(26-11-12-26)31(30(18-24)39-5-2)27-9-6-8-23(16-27)22-35/h6,8-9,16-18,25-26H,4-5,7,10-15,19-21H2,1-3H3,(H,37,38). The Bertz CT molecular complexity index is 1320. The monoisotopic (exact) mass is 542 g/mol. The maximum atomic E-state index is 11.7. The van der Waals surface area contributed by atoms with Crippen molar-refractivity contribution in [2.45, 2.75) is 103 Å². The van der Waals surface area contributed by atoms with Crippen LogP contribution in [0.25, 0.3) is 11.1 Å². The SMILES string of the molecule is CCCC(C)(CCCC1=NOC2(C1)CC(Cc1cc(OCC)c(-c3cccc(C#N)c3)c(C3CC3)c1)C2)C(=O)O. The molecule has 1 atom stereocenters. The average molecular weight is 543 g/mol. The summed E-state index contributed by atoms with van der Waals surface area (Å²) in [6, 6.07) is 14.7. The largest absolute Gasteiger partial charge is 0.493 e. The number of benzene rings is 2. The Kier molecular flexibility index (Phi) is 8.21. The third kappa shape index (κ3) is 6.04. The number of nitriles is 1. The molecule has 212 valence electrons. The van der Waals surface area contributed by atoms with Crippen molar-refractivity contribution in [3.8, 4) is 22.9 Å². The number of hydrogen-bond acceptors (Lipinski definition) is 5. The number of carboxylic acids is 1. The van der Waals surface area contributed by atoms with Crippen LogP contribution in [-0.2, 0) is 16.1 Å². The fourth-order valence-electron chi connectivity index (χ4n) is 6.85. The molecule has 5 rings (SSSR count). The molecule has 0 aromatic heterocycles. The first kappa shape index (κ1) is 28.2. The van der Waals surface area contributed by atoms with Gasteiger partial charge in [-0.15, -0.1) is 0 Å². The second-order valence-corrected chi connectivity index (χ2v) is 12.5. The molecular formula is C34H42N2O4. The highest BCUT2D eigenvalue weighted by atomic mass is 16.7. The molecule has 0 bridgehead atoms. The highest BCUT2D eigenvalue weighted by Crippen LogP contribution is 2.51. The van der Waals surface area contributed by atoms with Crippen LogP contribution in [0, 0.1) is 22.7 Å². The van der Waals surface area contributed by atoms with Gasteiger partial charge in [0.25, 0.3) is 0 Å². The molecule has 1 aliphatic heterocycles. The van der Waals surface area contributed by atoms with Crippen LogP contribution in [-0.4, -0.2) is 29.0 Å². The lowest BCUT2D eigenvalue weighted by atomic mass is 9.66. The van der Waals surface area contributed by atoms with E-state index in [2.05, 4.69) is 29.4 Å². The van der Waals surface area contributed by atoms with Crippen LogP contribution in [0.1, 0.15) is 108 Å². The van der Waals surface area contributed by atoms with Crippen LogP contribution in [0.5, 0.6) is 5.75 Å². The van der Waals surface area contributed by atoms with Gasteiger partial charge in [-0.3, -0.25) is 4.79 Å². The van der Waals surface area contributed by atoms with Crippen LogP contribution >= 0.6 is 0 Å². The summed E-state index contributed by atoms with van der Waals surface area (Å²) in [5.41, 5.74) is 5.80. The van der Waals surface area contributed by atoms with E-state index in [1.807, 2.05) is 39.0 Å². The summed E-state index contributed by atoms with van der Waals surface area (Å²) in [6.45, 7) is 6.53. The molecule has 1 N–H and O–H groups in total. The molecule has 0 radical (unpaired) electrons. The Morgan fingerprint density at radius 2 is 2.02 bits per heavy atom. The number of oxime groups is 1.